The Morgan fingerprint density at radius 2 is 1.88 bits per heavy atom. The fourth-order valence-corrected chi connectivity index (χ4v) is 1.89. The van der Waals surface area contributed by atoms with E-state index < -0.39 is 13.9 Å². The van der Waals surface area contributed by atoms with Gasteiger partial charge in [0.25, 0.3) is 0 Å². The normalized spacial score (nSPS) is 14.6. The van der Waals surface area contributed by atoms with Crippen LogP contribution in [0.1, 0.15) is 47.0 Å². The summed E-state index contributed by atoms with van der Waals surface area (Å²) >= 11 is 0. The van der Waals surface area contributed by atoms with Crippen LogP contribution < -0.4 is 0 Å². The van der Waals surface area contributed by atoms with Crippen LogP contribution in [0.5, 0.6) is 0 Å². The maximum Gasteiger partial charge on any atom is 0.469 e. The quantitative estimate of drug-likeness (QED) is 0.543. The molecule has 0 spiro atoms. The standard InChI is InChI=1S/C12H23O4P/c1-10(2)6-5-7-11(3)8-9-12(4)16-17(13,14)15/h6,8,12H,5,7,9H2,1-4H3,(H2,13,14,15). The molecule has 100 valence electrons. The number of allylic oxidation sites excluding steroid dienone is 3. The summed E-state index contributed by atoms with van der Waals surface area (Å²) in [6, 6.07) is 0. The summed E-state index contributed by atoms with van der Waals surface area (Å²) in [6.07, 6.45) is 6.17. The molecule has 0 aromatic rings. The molecule has 17 heavy (non-hydrogen) atoms. The van der Waals surface area contributed by atoms with Crippen LogP contribution in [0.3, 0.4) is 0 Å². The molecule has 0 saturated carbocycles. The SMILES string of the molecule is CC(C)=CCCC(C)=CCC(C)OP(=O)(O)O. The highest BCUT2D eigenvalue weighted by atomic mass is 31.2. The Morgan fingerprint density at radius 1 is 1.29 bits per heavy atom. The fourth-order valence-electron chi connectivity index (χ4n) is 1.34. The predicted molar refractivity (Wildman–Crippen MR) is 69.6 cm³/mol. The van der Waals surface area contributed by atoms with Gasteiger partial charge in [-0.3, -0.25) is 4.52 Å². The van der Waals surface area contributed by atoms with E-state index in [0.717, 1.165) is 12.8 Å². The van der Waals surface area contributed by atoms with Crippen molar-refractivity contribution >= 4 is 7.82 Å². The van der Waals surface area contributed by atoms with Gasteiger partial charge in [-0.25, -0.2) is 4.57 Å². The number of phosphoric ester groups is 1. The van der Waals surface area contributed by atoms with Gasteiger partial charge in [0.2, 0.25) is 0 Å². The molecule has 0 aliphatic heterocycles. The Kier molecular flexibility index (Phi) is 7.64. The van der Waals surface area contributed by atoms with E-state index in [2.05, 4.69) is 24.4 Å². The zero-order valence-electron chi connectivity index (χ0n) is 11.0. The topological polar surface area (TPSA) is 66.8 Å². The van der Waals surface area contributed by atoms with Crippen molar-refractivity contribution in [3.8, 4) is 0 Å². The van der Waals surface area contributed by atoms with Crippen LogP contribution in [0.15, 0.2) is 23.3 Å². The lowest BCUT2D eigenvalue weighted by Gasteiger charge is -2.11. The van der Waals surface area contributed by atoms with Crippen LogP contribution in [0.4, 0.5) is 0 Å². The van der Waals surface area contributed by atoms with Crippen molar-refractivity contribution < 1.29 is 18.9 Å². The van der Waals surface area contributed by atoms with Crippen LogP contribution in [0.2, 0.25) is 0 Å². The van der Waals surface area contributed by atoms with Crippen LogP contribution in [-0.2, 0) is 9.09 Å². The van der Waals surface area contributed by atoms with Crippen molar-refractivity contribution in [3.63, 3.8) is 0 Å². The fraction of sp³-hybridized carbons (Fsp3) is 0.667. The Bertz CT molecular complexity index is 323. The largest absolute Gasteiger partial charge is 0.469 e. The average Bonchev–Trinajstić information content (AvgIpc) is 2.11. The summed E-state index contributed by atoms with van der Waals surface area (Å²) in [4.78, 5) is 17.2. The third kappa shape index (κ3) is 11.8. The minimum Gasteiger partial charge on any atom is -0.303 e. The molecule has 5 heteroatoms. The predicted octanol–water partition coefficient (Wildman–Crippen LogP) is 3.57. The summed E-state index contributed by atoms with van der Waals surface area (Å²) in [6.45, 7) is 7.80. The molecule has 0 aliphatic rings. The summed E-state index contributed by atoms with van der Waals surface area (Å²) < 4.78 is 15.1. The van der Waals surface area contributed by atoms with E-state index in [-0.39, 0.29) is 0 Å². The van der Waals surface area contributed by atoms with Gasteiger partial charge in [0.05, 0.1) is 6.10 Å². The van der Waals surface area contributed by atoms with Gasteiger partial charge < -0.3 is 9.79 Å². The first-order valence-electron chi connectivity index (χ1n) is 5.73. The van der Waals surface area contributed by atoms with E-state index in [1.807, 2.05) is 13.0 Å². The number of hydrogen-bond donors (Lipinski definition) is 2. The van der Waals surface area contributed by atoms with Gasteiger partial charge in [-0.15, -0.1) is 0 Å². The molecule has 2 N–H and O–H groups in total. The number of rotatable bonds is 7. The molecular formula is C12H23O4P. The first-order chi connectivity index (χ1) is 7.70. The third-order valence-electron chi connectivity index (χ3n) is 2.21. The van der Waals surface area contributed by atoms with Crippen molar-refractivity contribution in [3.05, 3.63) is 23.3 Å². The monoisotopic (exact) mass is 262 g/mol. The molecule has 0 bridgehead atoms. The molecule has 0 aromatic carbocycles. The van der Waals surface area contributed by atoms with E-state index in [4.69, 9.17) is 9.79 Å². The molecule has 1 atom stereocenters. The van der Waals surface area contributed by atoms with Crippen molar-refractivity contribution in [1.82, 2.24) is 0 Å². The van der Waals surface area contributed by atoms with E-state index in [1.54, 1.807) is 6.92 Å². The highest BCUT2D eigenvalue weighted by Gasteiger charge is 2.17. The summed E-state index contributed by atoms with van der Waals surface area (Å²) in [7, 11) is -4.35. The molecule has 0 radical (unpaired) electrons. The van der Waals surface area contributed by atoms with Gasteiger partial charge in [0.15, 0.2) is 0 Å². The second kappa shape index (κ2) is 7.83. The lowest BCUT2D eigenvalue weighted by atomic mass is 10.1. The molecule has 0 rings (SSSR count). The highest BCUT2D eigenvalue weighted by Crippen LogP contribution is 2.38. The molecule has 0 saturated heterocycles. The van der Waals surface area contributed by atoms with Gasteiger partial charge in [-0.05, 0) is 47.0 Å². The maximum absolute atomic E-state index is 10.6. The van der Waals surface area contributed by atoms with E-state index in [9.17, 15) is 4.57 Å². The lowest BCUT2D eigenvalue weighted by Crippen LogP contribution is -2.04. The second-order valence-electron chi connectivity index (χ2n) is 4.51. The molecule has 0 aromatic heterocycles. The zero-order chi connectivity index (χ0) is 13.5. The van der Waals surface area contributed by atoms with Gasteiger partial charge in [-0.1, -0.05) is 23.3 Å². The average molecular weight is 262 g/mol. The Labute approximate surface area is 104 Å². The Morgan fingerprint density at radius 3 is 2.35 bits per heavy atom. The molecule has 0 amide bonds. The van der Waals surface area contributed by atoms with Crippen LogP contribution >= 0.6 is 7.82 Å². The van der Waals surface area contributed by atoms with Crippen LogP contribution in [0.25, 0.3) is 0 Å². The lowest BCUT2D eigenvalue weighted by molar-refractivity contribution is 0.146. The Hall–Kier alpha value is -0.410. The number of hydrogen-bond acceptors (Lipinski definition) is 2. The molecule has 0 aliphatic carbocycles. The van der Waals surface area contributed by atoms with Crippen LogP contribution in [-0.4, -0.2) is 15.9 Å². The highest BCUT2D eigenvalue weighted by molar-refractivity contribution is 7.46. The molecule has 1 unspecified atom stereocenters. The van der Waals surface area contributed by atoms with Gasteiger partial charge in [0, 0.05) is 0 Å². The first-order valence-corrected chi connectivity index (χ1v) is 7.26. The first kappa shape index (κ1) is 16.6. The van der Waals surface area contributed by atoms with Crippen molar-refractivity contribution in [2.75, 3.05) is 0 Å². The molecule has 0 fully saturated rings. The maximum atomic E-state index is 10.6. The van der Waals surface area contributed by atoms with E-state index in [1.165, 1.54) is 11.1 Å². The summed E-state index contributed by atoms with van der Waals surface area (Å²) in [5, 5.41) is 0. The van der Waals surface area contributed by atoms with Crippen molar-refractivity contribution in [1.29, 1.82) is 0 Å². The molecule has 4 nitrogen and oxygen atoms in total. The van der Waals surface area contributed by atoms with Crippen LogP contribution in [0, 0.1) is 0 Å². The van der Waals surface area contributed by atoms with E-state index in [0.29, 0.717) is 6.42 Å². The minimum absolute atomic E-state index is 0.464. The van der Waals surface area contributed by atoms with E-state index >= 15 is 0 Å². The molecular weight excluding hydrogens is 239 g/mol. The Balaban J connectivity index is 3.98. The molecule has 0 heterocycles. The number of phosphoric acid groups is 1. The van der Waals surface area contributed by atoms with Crippen molar-refractivity contribution in [2.45, 2.75) is 53.1 Å². The van der Waals surface area contributed by atoms with Gasteiger partial charge in [-0.2, -0.15) is 0 Å². The zero-order valence-corrected chi connectivity index (χ0v) is 11.9. The third-order valence-corrected chi connectivity index (χ3v) is 2.84. The van der Waals surface area contributed by atoms with Gasteiger partial charge >= 0.3 is 7.82 Å². The smallest absolute Gasteiger partial charge is 0.303 e. The van der Waals surface area contributed by atoms with Crippen molar-refractivity contribution in [2.24, 2.45) is 0 Å². The minimum atomic E-state index is -4.35. The van der Waals surface area contributed by atoms with Gasteiger partial charge in [0.1, 0.15) is 0 Å². The summed E-state index contributed by atoms with van der Waals surface area (Å²) in [5.41, 5.74) is 2.51. The second-order valence-corrected chi connectivity index (χ2v) is 5.70. The summed E-state index contributed by atoms with van der Waals surface area (Å²) in [5.74, 6) is 0.